The van der Waals surface area contributed by atoms with Gasteiger partial charge in [-0.25, -0.2) is 18.2 Å². The number of rotatable bonds is 10. The molecule has 1 saturated heterocycles. The molecule has 4 bridgehead atoms. The zero-order valence-electron chi connectivity index (χ0n) is 31.2. The molecule has 3 fully saturated rings. The maximum atomic E-state index is 14.5. The summed E-state index contributed by atoms with van der Waals surface area (Å²) >= 11 is 0. The van der Waals surface area contributed by atoms with Crippen LogP contribution in [0.4, 0.5) is 4.79 Å². The van der Waals surface area contributed by atoms with Gasteiger partial charge in [-0.1, -0.05) is 68.7 Å². The van der Waals surface area contributed by atoms with E-state index in [4.69, 9.17) is 9.72 Å². The van der Waals surface area contributed by atoms with Crippen molar-refractivity contribution in [1.29, 1.82) is 0 Å². The van der Waals surface area contributed by atoms with E-state index in [9.17, 15) is 27.6 Å². The Bertz CT molecular complexity index is 2070. The van der Waals surface area contributed by atoms with Crippen molar-refractivity contribution in [2.45, 2.75) is 107 Å². The van der Waals surface area contributed by atoms with E-state index in [1.807, 2.05) is 49.4 Å². The number of amides is 5. The van der Waals surface area contributed by atoms with Gasteiger partial charge in [0.05, 0.1) is 23.0 Å². The first-order chi connectivity index (χ1) is 26.5. The number of pyridine rings is 1. The van der Waals surface area contributed by atoms with Crippen molar-refractivity contribution in [3.8, 4) is 17.0 Å². The number of hydrogen-bond donors (Lipinski definition) is 4. The van der Waals surface area contributed by atoms with Crippen molar-refractivity contribution >= 4 is 44.7 Å². The Morgan fingerprint density at radius 1 is 1.09 bits per heavy atom. The monoisotopic (exact) mass is 770 g/mol. The second-order valence-electron chi connectivity index (χ2n) is 15.3. The standard InChI is InChI=1S/C41H50N6O7S/c1-3-5-15-33-38(49)47-25-29(22-35(47)37(48)45-41(24-28(41)4-2)39(50)46-55(52,53)30-17-18-30)54-36-23-34(27-13-9-6-10-14-27)43-32-19-16-26(21-31(32)36)12-8-7-11-20-42-40(51)44-33/h4,6,9-10,13-14,16,19,21,23,28-30,33,35H,2-3,5,7-8,11-12,15,17-18,20,22,24-25H2,1H3,(H,45,48)(H,46,50)(H2,42,44,51)/t28-,29-,33+,35+,41-/m1/s1. The Morgan fingerprint density at radius 2 is 1.89 bits per heavy atom. The lowest BCUT2D eigenvalue weighted by Crippen LogP contribution is -2.58. The van der Waals surface area contributed by atoms with Crippen LogP contribution < -0.4 is 25.4 Å². The Balaban J connectivity index is 1.24. The lowest BCUT2D eigenvalue weighted by molar-refractivity contribution is -0.141. The molecule has 0 radical (unpaired) electrons. The van der Waals surface area contributed by atoms with Crippen LogP contribution in [0, 0.1) is 5.92 Å². The van der Waals surface area contributed by atoms with E-state index < -0.39 is 68.7 Å². The summed E-state index contributed by atoms with van der Waals surface area (Å²) in [5.74, 6) is -1.79. The molecule has 2 saturated carbocycles. The Kier molecular flexibility index (Phi) is 11.2. The molecule has 0 unspecified atom stereocenters. The molecule has 55 heavy (non-hydrogen) atoms. The number of aromatic nitrogens is 1. The third-order valence-corrected chi connectivity index (χ3v) is 13.0. The van der Waals surface area contributed by atoms with Crippen LogP contribution in [0.5, 0.6) is 5.75 Å². The van der Waals surface area contributed by atoms with Gasteiger partial charge in [0.25, 0.3) is 5.91 Å². The van der Waals surface area contributed by atoms with E-state index in [-0.39, 0.29) is 19.4 Å². The molecule has 3 aromatic rings. The molecule has 0 spiro atoms. The zero-order chi connectivity index (χ0) is 38.7. The highest BCUT2D eigenvalue weighted by Crippen LogP contribution is 2.45. The minimum Gasteiger partial charge on any atom is -0.488 e. The van der Waals surface area contributed by atoms with Crippen molar-refractivity contribution in [3.63, 3.8) is 0 Å². The normalized spacial score (nSPS) is 25.9. The first-order valence-corrected chi connectivity index (χ1v) is 21.1. The third kappa shape index (κ3) is 8.48. The number of nitrogens with zero attached hydrogens (tertiary/aromatic N) is 2. The van der Waals surface area contributed by atoms with Crippen LogP contribution >= 0.6 is 0 Å². The van der Waals surface area contributed by atoms with E-state index in [0.29, 0.717) is 43.7 Å². The summed E-state index contributed by atoms with van der Waals surface area (Å²) in [5.41, 5.74) is 1.96. The molecule has 14 heteroatoms. The highest BCUT2D eigenvalue weighted by atomic mass is 32.2. The summed E-state index contributed by atoms with van der Waals surface area (Å²) in [7, 11) is -3.89. The van der Waals surface area contributed by atoms with Crippen LogP contribution in [0.2, 0.25) is 0 Å². The molecule has 5 amide bonds. The Morgan fingerprint density at radius 3 is 2.62 bits per heavy atom. The highest BCUT2D eigenvalue weighted by Gasteiger charge is 2.62. The van der Waals surface area contributed by atoms with Gasteiger partial charge in [0.15, 0.2) is 0 Å². The highest BCUT2D eigenvalue weighted by molar-refractivity contribution is 7.91. The molecule has 13 nitrogen and oxygen atoms in total. The molecule has 4 N–H and O–H groups in total. The molecule has 292 valence electrons. The molecule has 3 heterocycles. The summed E-state index contributed by atoms with van der Waals surface area (Å²) < 4.78 is 34.5. The molecule has 2 aliphatic heterocycles. The Labute approximate surface area is 322 Å². The lowest BCUT2D eigenvalue weighted by atomic mass is 10.0. The van der Waals surface area contributed by atoms with Gasteiger partial charge >= 0.3 is 6.03 Å². The van der Waals surface area contributed by atoms with Gasteiger partial charge in [0.1, 0.15) is 29.5 Å². The van der Waals surface area contributed by atoms with Crippen molar-refractivity contribution < 1.29 is 32.3 Å². The largest absolute Gasteiger partial charge is 0.488 e. The van der Waals surface area contributed by atoms with Crippen molar-refractivity contribution in [3.05, 3.63) is 72.8 Å². The van der Waals surface area contributed by atoms with Gasteiger partial charge in [-0.2, -0.15) is 0 Å². The first kappa shape index (κ1) is 38.3. The summed E-state index contributed by atoms with van der Waals surface area (Å²) in [5, 5.41) is 8.79. The average molecular weight is 771 g/mol. The van der Waals surface area contributed by atoms with E-state index >= 15 is 0 Å². The van der Waals surface area contributed by atoms with Gasteiger partial charge in [-0.3, -0.25) is 19.1 Å². The molecule has 1 aromatic heterocycles. The number of hydrogen-bond acceptors (Lipinski definition) is 8. The van der Waals surface area contributed by atoms with Gasteiger partial charge in [0.2, 0.25) is 21.8 Å². The zero-order valence-corrected chi connectivity index (χ0v) is 32.0. The lowest BCUT2D eigenvalue weighted by Gasteiger charge is -2.30. The number of sulfonamides is 1. The number of unbranched alkanes of at least 4 members (excludes halogenated alkanes) is 1. The number of carbonyl (C=O) groups excluding carboxylic acids is 4. The molecule has 4 aliphatic rings. The van der Waals surface area contributed by atoms with Gasteiger partial charge < -0.3 is 25.6 Å². The maximum Gasteiger partial charge on any atom is 0.315 e. The number of nitrogens with one attached hydrogen (secondary N) is 4. The molecule has 2 aliphatic carbocycles. The van der Waals surface area contributed by atoms with Crippen LogP contribution in [0.15, 0.2) is 67.3 Å². The maximum absolute atomic E-state index is 14.5. The topological polar surface area (TPSA) is 176 Å². The van der Waals surface area contributed by atoms with Gasteiger partial charge in [-0.05, 0) is 62.6 Å². The smallest absolute Gasteiger partial charge is 0.315 e. The molecule has 2 aromatic carbocycles. The van der Waals surface area contributed by atoms with E-state index in [0.717, 1.165) is 54.1 Å². The second-order valence-corrected chi connectivity index (χ2v) is 17.3. The second kappa shape index (κ2) is 16.0. The van der Waals surface area contributed by atoms with E-state index in [1.165, 1.54) is 11.0 Å². The van der Waals surface area contributed by atoms with Crippen LogP contribution in [0.25, 0.3) is 22.2 Å². The van der Waals surface area contributed by atoms with Crippen LogP contribution in [-0.4, -0.2) is 84.1 Å². The van der Waals surface area contributed by atoms with E-state index in [2.05, 4.69) is 39.4 Å². The molecular weight excluding hydrogens is 721 g/mol. The number of urea groups is 1. The SMILES string of the molecule is C=C[C@@H]1C[C@]1(NC(=O)[C@@H]1C[C@@H]2CN1C(=O)[C@H](CCCC)NC(=O)NCCCCCc1ccc3nc(-c4ccccc4)cc(c3c1)O2)C(=O)NS(=O)(=O)C1CC1. The van der Waals surface area contributed by atoms with Crippen molar-refractivity contribution in [1.82, 2.24) is 30.6 Å². The predicted molar refractivity (Wildman–Crippen MR) is 208 cm³/mol. The molecule has 7 rings (SSSR count). The number of aryl methyl sites for hydroxylation is 1. The summed E-state index contributed by atoms with van der Waals surface area (Å²) in [4.78, 5) is 62.0. The fourth-order valence-corrected chi connectivity index (χ4v) is 9.10. The number of fused-ring (bicyclic) bond motifs is 3. The van der Waals surface area contributed by atoms with Crippen LogP contribution in [-0.2, 0) is 30.8 Å². The molecule has 5 atom stereocenters. The van der Waals surface area contributed by atoms with Gasteiger partial charge in [-0.15, -0.1) is 6.58 Å². The average Bonchev–Trinajstić information content (AvgIpc) is 4.11. The van der Waals surface area contributed by atoms with Gasteiger partial charge in [0, 0.05) is 35.9 Å². The first-order valence-electron chi connectivity index (χ1n) is 19.5. The number of benzene rings is 2. The minimum atomic E-state index is -3.89. The molecular formula is C41H50N6O7S. The predicted octanol–water partition coefficient (Wildman–Crippen LogP) is 4.50. The number of ether oxygens (including phenoxy) is 1. The fourth-order valence-electron chi connectivity index (χ4n) is 7.73. The van der Waals surface area contributed by atoms with Crippen LogP contribution in [0.3, 0.4) is 0 Å². The number of carbonyl (C=O) groups is 4. The van der Waals surface area contributed by atoms with Crippen molar-refractivity contribution in [2.24, 2.45) is 5.92 Å². The minimum absolute atomic E-state index is 0.0349. The quantitative estimate of drug-likeness (QED) is 0.218. The van der Waals surface area contributed by atoms with Crippen LogP contribution in [0.1, 0.15) is 76.7 Å². The van der Waals surface area contributed by atoms with E-state index in [1.54, 1.807) is 0 Å². The fraction of sp³-hybridized carbons (Fsp3) is 0.488. The summed E-state index contributed by atoms with van der Waals surface area (Å²) in [6.07, 6.45) is 7.31. The third-order valence-electron chi connectivity index (χ3n) is 11.2. The summed E-state index contributed by atoms with van der Waals surface area (Å²) in [6.45, 7) is 6.28. The Hall–Kier alpha value is -4.98. The van der Waals surface area contributed by atoms with Crippen molar-refractivity contribution in [2.75, 3.05) is 13.1 Å². The summed E-state index contributed by atoms with van der Waals surface area (Å²) in [6, 6.07) is 15.4.